The Kier molecular flexibility index (Phi) is 8.68. The topological polar surface area (TPSA) is 62.9 Å². The van der Waals surface area contributed by atoms with Crippen LogP contribution in [-0.4, -0.2) is 43.6 Å². The number of methoxy groups -OCH3 is 1. The predicted molar refractivity (Wildman–Crippen MR) is 108 cm³/mol. The van der Waals surface area contributed by atoms with Crippen molar-refractivity contribution in [2.75, 3.05) is 32.1 Å². The highest BCUT2D eigenvalue weighted by Crippen LogP contribution is 2.18. The maximum atomic E-state index is 5.98. The second kappa shape index (κ2) is 9.97. The molecule has 1 aliphatic rings. The van der Waals surface area contributed by atoms with Crippen molar-refractivity contribution in [3.8, 4) is 5.75 Å². The maximum absolute atomic E-state index is 5.98. The molecule has 1 fully saturated rings. The average molecular weight is 432 g/mol. The van der Waals surface area contributed by atoms with Crippen LogP contribution in [0.4, 0.5) is 5.69 Å². The van der Waals surface area contributed by atoms with Gasteiger partial charge in [-0.05, 0) is 50.9 Å². The Morgan fingerprint density at radius 1 is 1.43 bits per heavy atom. The van der Waals surface area contributed by atoms with E-state index in [1.54, 1.807) is 7.11 Å². The van der Waals surface area contributed by atoms with Gasteiger partial charge in [-0.15, -0.1) is 24.0 Å². The number of nitrogens with zero attached hydrogens (tertiary/aromatic N) is 2. The van der Waals surface area contributed by atoms with E-state index in [2.05, 4.69) is 29.1 Å². The van der Waals surface area contributed by atoms with Crippen LogP contribution in [0.25, 0.3) is 0 Å². The summed E-state index contributed by atoms with van der Waals surface area (Å²) in [5.74, 6) is 2.10. The summed E-state index contributed by atoms with van der Waals surface area (Å²) in [5.41, 5.74) is 6.87. The average Bonchev–Trinajstić information content (AvgIpc) is 2.53. The number of nitrogens with one attached hydrogen (secondary N) is 1. The van der Waals surface area contributed by atoms with Gasteiger partial charge in [0.05, 0.1) is 13.7 Å². The van der Waals surface area contributed by atoms with Crippen LogP contribution in [0.15, 0.2) is 29.3 Å². The van der Waals surface area contributed by atoms with Gasteiger partial charge in [-0.1, -0.05) is 13.0 Å². The summed E-state index contributed by atoms with van der Waals surface area (Å²) in [7, 11) is 1.65. The first-order valence-electron chi connectivity index (χ1n) is 8.03. The largest absolute Gasteiger partial charge is 0.497 e. The minimum absolute atomic E-state index is 0. The second-order valence-corrected chi connectivity index (χ2v) is 6.15. The molecule has 1 unspecified atom stereocenters. The zero-order chi connectivity index (χ0) is 15.9. The summed E-state index contributed by atoms with van der Waals surface area (Å²) in [4.78, 5) is 6.97. The molecule has 5 nitrogen and oxygen atoms in total. The van der Waals surface area contributed by atoms with E-state index < -0.39 is 0 Å². The lowest BCUT2D eigenvalue weighted by Gasteiger charge is -2.34. The number of likely N-dealkylation sites (tertiary alicyclic amines) is 1. The molecule has 130 valence electrons. The van der Waals surface area contributed by atoms with Crippen molar-refractivity contribution in [3.63, 3.8) is 0 Å². The molecular formula is C17H29IN4O. The molecule has 23 heavy (non-hydrogen) atoms. The summed E-state index contributed by atoms with van der Waals surface area (Å²) in [6, 6.07) is 8.10. The number of ether oxygens (including phenoxy) is 1. The molecule has 1 heterocycles. The number of halogens is 1. The van der Waals surface area contributed by atoms with Gasteiger partial charge in [-0.2, -0.15) is 0 Å². The molecule has 1 aromatic carbocycles. The Hall–Kier alpha value is -1.02. The zero-order valence-electron chi connectivity index (χ0n) is 14.3. The van der Waals surface area contributed by atoms with Crippen LogP contribution >= 0.6 is 24.0 Å². The molecule has 0 spiro atoms. The van der Waals surface area contributed by atoms with E-state index in [9.17, 15) is 0 Å². The van der Waals surface area contributed by atoms with Gasteiger partial charge in [0.2, 0.25) is 0 Å². The quantitative estimate of drug-likeness (QED) is 0.426. The number of hydrogen-bond donors (Lipinski definition) is 2. The third kappa shape index (κ3) is 6.55. The summed E-state index contributed by atoms with van der Waals surface area (Å²) in [6.07, 6.45) is 2.57. The number of rotatable bonds is 5. The molecule has 1 saturated heterocycles. The molecule has 0 amide bonds. The van der Waals surface area contributed by atoms with Gasteiger partial charge in [0.25, 0.3) is 0 Å². The van der Waals surface area contributed by atoms with Crippen LogP contribution in [0.1, 0.15) is 26.7 Å². The van der Waals surface area contributed by atoms with Crippen LogP contribution in [0.2, 0.25) is 0 Å². The molecule has 0 bridgehead atoms. The molecule has 2 rings (SSSR count). The first kappa shape index (κ1) is 20.0. The second-order valence-electron chi connectivity index (χ2n) is 6.15. The maximum Gasteiger partial charge on any atom is 0.193 e. The minimum Gasteiger partial charge on any atom is -0.497 e. The molecule has 0 radical (unpaired) electrons. The fourth-order valence-corrected chi connectivity index (χ4v) is 2.70. The smallest absolute Gasteiger partial charge is 0.193 e. The van der Waals surface area contributed by atoms with E-state index in [-0.39, 0.29) is 24.0 Å². The summed E-state index contributed by atoms with van der Waals surface area (Å²) in [5, 5.41) is 3.11. The summed E-state index contributed by atoms with van der Waals surface area (Å²) < 4.78 is 5.20. The van der Waals surface area contributed by atoms with Crippen molar-refractivity contribution in [1.82, 2.24) is 4.90 Å². The molecule has 0 saturated carbocycles. The van der Waals surface area contributed by atoms with Gasteiger partial charge in [0.1, 0.15) is 5.75 Å². The Morgan fingerprint density at radius 3 is 2.78 bits per heavy atom. The van der Waals surface area contributed by atoms with Gasteiger partial charge in [0, 0.05) is 17.8 Å². The van der Waals surface area contributed by atoms with Gasteiger partial charge in [-0.25, -0.2) is 0 Å². The van der Waals surface area contributed by atoms with Crippen LogP contribution < -0.4 is 15.8 Å². The first-order valence-corrected chi connectivity index (χ1v) is 8.03. The highest BCUT2D eigenvalue weighted by molar-refractivity contribution is 14.0. The molecular weight excluding hydrogens is 403 g/mol. The zero-order valence-corrected chi connectivity index (χ0v) is 16.6. The highest BCUT2D eigenvalue weighted by Gasteiger charge is 2.19. The van der Waals surface area contributed by atoms with Crippen LogP contribution in [0, 0.1) is 5.92 Å². The van der Waals surface area contributed by atoms with Crippen LogP contribution in [0.5, 0.6) is 5.75 Å². The summed E-state index contributed by atoms with van der Waals surface area (Å²) >= 11 is 0. The number of benzene rings is 1. The van der Waals surface area contributed by atoms with Crippen LogP contribution in [0.3, 0.4) is 0 Å². The normalized spacial score (nSPS) is 18.1. The third-order valence-corrected chi connectivity index (χ3v) is 4.31. The standard InChI is InChI=1S/C17H28N4O.HI/c1-13-7-9-21(10-8-13)14(2)12-19-17(18)20-15-5-4-6-16(11-15)22-3;/h4-6,11,13-14H,7-10,12H2,1-3H3,(H3,18,19,20);1H. The molecule has 1 aromatic rings. The van der Waals surface area contributed by atoms with Crippen molar-refractivity contribution in [2.45, 2.75) is 32.7 Å². The van der Waals surface area contributed by atoms with E-state index in [1.165, 1.54) is 25.9 Å². The van der Waals surface area contributed by atoms with Crippen molar-refractivity contribution in [2.24, 2.45) is 16.6 Å². The van der Waals surface area contributed by atoms with Crippen molar-refractivity contribution < 1.29 is 4.74 Å². The van der Waals surface area contributed by atoms with Gasteiger partial charge < -0.3 is 15.8 Å². The molecule has 0 aromatic heterocycles. The number of anilines is 1. The predicted octanol–water partition coefficient (Wildman–Crippen LogP) is 3.16. The van der Waals surface area contributed by atoms with Crippen molar-refractivity contribution in [1.29, 1.82) is 0 Å². The lowest BCUT2D eigenvalue weighted by molar-refractivity contribution is 0.150. The molecule has 3 N–H and O–H groups in total. The van der Waals surface area contributed by atoms with E-state index in [4.69, 9.17) is 10.5 Å². The molecule has 1 aliphatic heterocycles. The fraction of sp³-hybridized carbons (Fsp3) is 0.588. The minimum atomic E-state index is 0. The first-order chi connectivity index (χ1) is 10.6. The SMILES string of the molecule is COc1cccc(NC(N)=NCC(C)N2CCC(C)CC2)c1.I. The van der Waals surface area contributed by atoms with E-state index in [0.29, 0.717) is 12.0 Å². The van der Waals surface area contributed by atoms with Gasteiger partial charge in [0.15, 0.2) is 5.96 Å². The number of hydrogen-bond acceptors (Lipinski definition) is 3. The van der Waals surface area contributed by atoms with Gasteiger partial charge >= 0.3 is 0 Å². The van der Waals surface area contributed by atoms with E-state index in [1.807, 2.05) is 24.3 Å². The number of guanidine groups is 1. The van der Waals surface area contributed by atoms with E-state index in [0.717, 1.165) is 23.9 Å². The Morgan fingerprint density at radius 2 is 2.13 bits per heavy atom. The van der Waals surface area contributed by atoms with Crippen molar-refractivity contribution in [3.05, 3.63) is 24.3 Å². The summed E-state index contributed by atoms with van der Waals surface area (Å²) in [6.45, 7) is 7.60. The fourth-order valence-electron chi connectivity index (χ4n) is 2.70. The molecule has 1 atom stereocenters. The lowest BCUT2D eigenvalue weighted by Crippen LogP contribution is -2.41. The van der Waals surface area contributed by atoms with E-state index >= 15 is 0 Å². The monoisotopic (exact) mass is 432 g/mol. The Balaban J connectivity index is 0.00000264. The molecule has 0 aliphatic carbocycles. The van der Waals surface area contributed by atoms with Crippen LogP contribution in [-0.2, 0) is 0 Å². The number of nitrogens with two attached hydrogens (primary N) is 1. The van der Waals surface area contributed by atoms with Gasteiger partial charge in [-0.3, -0.25) is 9.89 Å². The number of aliphatic imine (C=N–C) groups is 1. The third-order valence-electron chi connectivity index (χ3n) is 4.31. The molecule has 6 heteroatoms. The lowest BCUT2D eigenvalue weighted by atomic mass is 9.98. The number of piperidine rings is 1. The highest BCUT2D eigenvalue weighted by atomic mass is 127. The Labute approximate surface area is 156 Å². The van der Waals surface area contributed by atoms with Crippen molar-refractivity contribution >= 4 is 35.6 Å². The Bertz CT molecular complexity index is 501.